The molecule has 0 fully saturated rings. The summed E-state index contributed by atoms with van der Waals surface area (Å²) in [4.78, 5) is 24.3. The fraction of sp³-hybridized carbons (Fsp3) is 0.333. The lowest BCUT2D eigenvalue weighted by molar-refractivity contribution is 0.102. The minimum Gasteiger partial charge on any atom is -0.447 e. The van der Waals surface area contributed by atoms with E-state index >= 15 is 0 Å². The van der Waals surface area contributed by atoms with E-state index in [4.69, 9.17) is 9.47 Å². The Morgan fingerprint density at radius 3 is 2.13 bits per heavy atom. The Morgan fingerprint density at radius 1 is 0.935 bits per heavy atom. The van der Waals surface area contributed by atoms with Crippen molar-refractivity contribution >= 4 is 33.4 Å². The Labute approximate surface area is 182 Å². The van der Waals surface area contributed by atoms with Gasteiger partial charge >= 0.3 is 6.09 Å². The van der Waals surface area contributed by atoms with Crippen LogP contribution in [-0.4, -0.2) is 46.3 Å². The van der Waals surface area contributed by atoms with Crippen LogP contribution >= 0.6 is 0 Å². The number of carbonyl (C=O) groups excluding carboxylic acids is 2. The molecule has 0 aliphatic heterocycles. The topological polar surface area (TPSA) is 123 Å². The molecule has 2 rings (SSSR count). The summed E-state index contributed by atoms with van der Waals surface area (Å²) in [5.74, 6) is -0.424. The van der Waals surface area contributed by atoms with E-state index in [9.17, 15) is 18.0 Å². The largest absolute Gasteiger partial charge is 0.447 e. The average Bonchev–Trinajstić information content (AvgIpc) is 2.67. The molecule has 2 aromatic rings. The summed E-state index contributed by atoms with van der Waals surface area (Å²) in [7, 11) is -2.18. The van der Waals surface area contributed by atoms with Gasteiger partial charge in [0.05, 0.1) is 11.5 Å². The molecule has 2 amide bonds. The summed E-state index contributed by atoms with van der Waals surface area (Å²) in [5.41, 5.74) is 0.553. The first-order valence-corrected chi connectivity index (χ1v) is 11.0. The molecule has 0 saturated heterocycles. The molecule has 0 aliphatic carbocycles. The van der Waals surface area contributed by atoms with Gasteiger partial charge in [-0.25, -0.2) is 17.9 Å². The van der Waals surface area contributed by atoms with E-state index in [-0.39, 0.29) is 23.7 Å². The normalized spacial score (nSPS) is 11.6. The van der Waals surface area contributed by atoms with Gasteiger partial charge in [0, 0.05) is 29.6 Å². The maximum atomic E-state index is 12.5. The number of anilines is 2. The van der Waals surface area contributed by atoms with Gasteiger partial charge in [0.2, 0.25) is 10.0 Å². The van der Waals surface area contributed by atoms with Crippen LogP contribution in [0.25, 0.3) is 0 Å². The van der Waals surface area contributed by atoms with Crippen LogP contribution in [0.4, 0.5) is 16.2 Å². The highest BCUT2D eigenvalue weighted by Crippen LogP contribution is 2.18. The minimum absolute atomic E-state index is 0.0668. The van der Waals surface area contributed by atoms with E-state index in [1.54, 1.807) is 45.0 Å². The van der Waals surface area contributed by atoms with Crippen molar-refractivity contribution in [3.63, 3.8) is 0 Å². The fourth-order valence-electron chi connectivity index (χ4n) is 2.50. The summed E-state index contributed by atoms with van der Waals surface area (Å²) in [6.45, 7) is 5.64. The van der Waals surface area contributed by atoms with Crippen molar-refractivity contribution < 1.29 is 27.5 Å². The summed E-state index contributed by atoms with van der Waals surface area (Å²) < 4.78 is 37.0. The lowest BCUT2D eigenvalue weighted by atomic mass is 10.1. The third-order valence-corrected chi connectivity index (χ3v) is 5.53. The lowest BCUT2D eigenvalue weighted by Gasteiger charge is -2.20. The van der Waals surface area contributed by atoms with E-state index in [2.05, 4.69) is 15.4 Å². The van der Waals surface area contributed by atoms with Crippen molar-refractivity contribution in [2.24, 2.45) is 0 Å². The summed E-state index contributed by atoms with van der Waals surface area (Å²) in [6.07, 6.45) is -0.638. The second-order valence-corrected chi connectivity index (χ2v) is 9.35. The predicted molar refractivity (Wildman–Crippen MR) is 118 cm³/mol. The Kier molecular flexibility index (Phi) is 8.14. The first-order valence-electron chi connectivity index (χ1n) is 9.48. The van der Waals surface area contributed by atoms with Crippen molar-refractivity contribution in [3.05, 3.63) is 54.1 Å². The zero-order chi connectivity index (χ0) is 23.1. The van der Waals surface area contributed by atoms with Gasteiger partial charge in [0.25, 0.3) is 5.91 Å². The Morgan fingerprint density at radius 2 is 1.55 bits per heavy atom. The van der Waals surface area contributed by atoms with Crippen molar-refractivity contribution in [3.8, 4) is 0 Å². The van der Waals surface area contributed by atoms with Crippen LogP contribution in [0.15, 0.2) is 53.4 Å². The Hall–Kier alpha value is -2.95. The predicted octanol–water partition coefficient (Wildman–Crippen LogP) is 3.21. The van der Waals surface area contributed by atoms with Crippen LogP contribution in [0.5, 0.6) is 0 Å². The van der Waals surface area contributed by atoms with E-state index in [0.717, 1.165) is 0 Å². The zero-order valence-electron chi connectivity index (χ0n) is 17.9. The van der Waals surface area contributed by atoms with Gasteiger partial charge in [-0.2, -0.15) is 0 Å². The molecular weight excluding hydrogens is 422 g/mol. The lowest BCUT2D eigenvalue weighted by Crippen LogP contribution is -2.40. The van der Waals surface area contributed by atoms with Crippen LogP contribution in [0.1, 0.15) is 31.1 Å². The maximum Gasteiger partial charge on any atom is 0.411 e. The number of benzene rings is 2. The van der Waals surface area contributed by atoms with Gasteiger partial charge in [-0.3, -0.25) is 10.1 Å². The molecule has 168 valence electrons. The monoisotopic (exact) mass is 449 g/mol. The molecule has 0 spiro atoms. The van der Waals surface area contributed by atoms with E-state index in [1.165, 1.54) is 31.4 Å². The second-order valence-electron chi connectivity index (χ2n) is 7.67. The van der Waals surface area contributed by atoms with E-state index in [0.29, 0.717) is 11.4 Å². The van der Waals surface area contributed by atoms with Crippen molar-refractivity contribution in [1.29, 1.82) is 0 Å². The van der Waals surface area contributed by atoms with Gasteiger partial charge in [0.15, 0.2) is 0 Å². The third kappa shape index (κ3) is 8.00. The quantitative estimate of drug-likeness (QED) is 0.532. The summed E-state index contributed by atoms with van der Waals surface area (Å²) in [5, 5.41) is 5.26. The molecule has 9 nitrogen and oxygen atoms in total. The Balaban J connectivity index is 2.03. The molecule has 31 heavy (non-hydrogen) atoms. The summed E-state index contributed by atoms with van der Waals surface area (Å²) in [6, 6.07) is 12.1. The first kappa shape index (κ1) is 24.3. The van der Waals surface area contributed by atoms with Crippen molar-refractivity contribution in [2.45, 2.75) is 31.2 Å². The van der Waals surface area contributed by atoms with Crippen LogP contribution in [0.3, 0.4) is 0 Å². The van der Waals surface area contributed by atoms with Crippen molar-refractivity contribution in [2.75, 3.05) is 31.0 Å². The molecule has 2 aromatic carbocycles. The highest BCUT2D eigenvalue weighted by atomic mass is 32.2. The van der Waals surface area contributed by atoms with Gasteiger partial charge in [-0.15, -0.1) is 0 Å². The Bertz CT molecular complexity index is 1010. The zero-order valence-corrected chi connectivity index (χ0v) is 18.7. The number of rotatable bonds is 8. The van der Waals surface area contributed by atoms with Gasteiger partial charge in [0.1, 0.15) is 6.61 Å². The van der Waals surface area contributed by atoms with Crippen LogP contribution < -0.4 is 15.4 Å². The molecule has 0 bridgehead atoms. The molecule has 0 radical (unpaired) electrons. The van der Waals surface area contributed by atoms with E-state index < -0.39 is 27.6 Å². The van der Waals surface area contributed by atoms with Gasteiger partial charge < -0.3 is 14.8 Å². The fourth-order valence-corrected chi connectivity index (χ4v) is 3.92. The van der Waals surface area contributed by atoms with Crippen molar-refractivity contribution in [1.82, 2.24) is 4.72 Å². The smallest absolute Gasteiger partial charge is 0.411 e. The number of hydrogen-bond acceptors (Lipinski definition) is 6. The van der Waals surface area contributed by atoms with Crippen LogP contribution in [0, 0.1) is 0 Å². The molecule has 0 heterocycles. The second kappa shape index (κ2) is 10.4. The van der Waals surface area contributed by atoms with Gasteiger partial charge in [-0.1, -0.05) is 6.07 Å². The molecular formula is C21H27N3O6S. The number of sulfonamides is 1. The molecule has 0 saturated carbocycles. The standard InChI is InChI=1S/C21H27N3O6S/c1-21(2,3)24-31(27,28)18-10-8-15(9-11-18)19(25)22-16-6-5-7-17(14-16)23-20(26)30-13-12-29-4/h5-11,14,24H,12-13H2,1-4H3,(H,22,25)(H,23,26). The number of methoxy groups -OCH3 is 1. The number of nitrogens with one attached hydrogen (secondary N) is 3. The molecule has 0 aromatic heterocycles. The number of hydrogen-bond donors (Lipinski definition) is 3. The van der Waals surface area contributed by atoms with Crippen LogP contribution in [0.2, 0.25) is 0 Å². The highest BCUT2D eigenvalue weighted by molar-refractivity contribution is 7.89. The number of carbonyl (C=O) groups is 2. The molecule has 3 N–H and O–H groups in total. The average molecular weight is 450 g/mol. The van der Waals surface area contributed by atoms with E-state index in [1.807, 2.05) is 0 Å². The first-order chi connectivity index (χ1) is 14.5. The summed E-state index contributed by atoms with van der Waals surface area (Å²) >= 11 is 0. The molecule has 0 unspecified atom stereocenters. The molecule has 0 atom stereocenters. The SMILES string of the molecule is COCCOC(=O)Nc1cccc(NC(=O)c2ccc(S(=O)(=O)NC(C)(C)C)cc2)c1. The molecule has 0 aliphatic rings. The van der Waals surface area contributed by atoms with Crippen LogP contribution in [-0.2, 0) is 19.5 Å². The molecule has 10 heteroatoms. The highest BCUT2D eigenvalue weighted by Gasteiger charge is 2.22. The number of ether oxygens (including phenoxy) is 2. The van der Waals surface area contributed by atoms with Gasteiger partial charge in [-0.05, 0) is 63.2 Å². The maximum absolute atomic E-state index is 12.5. The third-order valence-electron chi connectivity index (χ3n) is 3.75. The minimum atomic E-state index is -3.69. The number of amides is 2.